The molecule has 15 nitrogen and oxygen atoms in total. The lowest BCUT2D eigenvalue weighted by Crippen LogP contribution is -2.69. The minimum absolute atomic E-state index is 0.0397. The summed E-state index contributed by atoms with van der Waals surface area (Å²) in [5.74, 6) is 0.798. The topological polar surface area (TPSA) is 167 Å². The highest BCUT2D eigenvalue weighted by Crippen LogP contribution is 2.64. The van der Waals surface area contributed by atoms with Gasteiger partial charge in [-0.2, -0.15) is 5.26 Å². The van der Waals surface area contributed by atoms with Crippen LogP contribution in [0.1, 0.15) is 57.6 Å². The van der Waals surface area contributed by atoms with Crippen molar-refractivity contribution in [2.75, 3.05) is 53.8 Å². The third-order valence-electron chi connectivity index (χ3n) is 10.6. The maximum absolute atomic E-state index is 13.8. The molecule has 0 spiro atoms. The molecule has 0 aliphatic carbocycles. The van der Waals surface area contributed by atoms with E-state index in [2.05, 4.69) is 27.3 Å². The Kier molecular flexibility index (Phi) is 11.1. The minimum atomic E-state index is -1.88. The number of thioether (sulfide) groups is 1. The van der Waals surface area contributed by atoms with Crippen LogP contribution in [-0.2, 0) is 30.2 Å². The number of piperazine rings is 1. The van der Waals surface area contributed by atoms with Crippen molar-refractivity contribution in [3.8, 4) is 34.8 Å². The average Bonchev–Trinajstić information content (AvgIpc) is 3.62. The molecule has 7 rings (SSSR count). The van der Waals surface area contributed by atoms with Crippen molar-refractivity contribution in [1.29, 1.82) is 5.26 Å². The van der Waals surface area contributed by atoms with Gasteiger partial charge in [0.2, 0.25) is 10.6 Å². The molecule has 4 bridgehead atoms. The Bertz CT molecular complexity index is 1960. The van der Waals surface area contributed by atoms with E-state index in [1.807, 2.05) is 14.0 Å². The van der Waals surface area contributed by atoms with Gasteiger partial charge >= 0.3 is 18.0 Å². The van der Waals surface area contributed by atoms with Crippen molar-refractivity contribution in [2.24, 2.45) is 0 Å². The van der Waals surface area contributed by atoms with E-state index >= 15 is 0 Å². The molecule has 296 valence electrons. The molecule has 2 aromatic rings. The molecule has 1 amide bonds. The summed E-state index contributed by atoms with van der Waals surface area (Å²) in [6.07, 6.45) is -0.492. The first-order valence-electron chi connectivity index (χ1n) is 17.3. The smallest absolute Gasteiger partial charge is 0.408 e. The number of likely N-dealkylation sites (N-methyl/N-ethyl adjacent to an activating group) is 1. The molecule has 19 heteroatoms. The van der Waals surface area contributed by atoms with Crippen molar-refractivity contribution < 1.29 is 52.3 Å². The zero-order valence-electron chi connectivity index (χ0n) is 30.7. The van der Waals surface area contributed by atoms with Gasteiger partial charge in [0, 0.05) is 54.1 Å². The molecule has 2 aromatic carbocycles. The largest absolute Gasteiger partial charge is 0.493 e. The fourth-order valence-corrected chi connectivity index (χ4v) is 10.3. The van der Waals surface area contributed by atoms with Crippen LogP contribution < -0.4 is 29.0 Å². The normalized spacial score (nSPS) is 26.8. The number of ether oxygens (including phenoxy) is 8. The number of halogens is 3. The molecule has 5 aliphatic rings. The zero-order chi connectivity index (χ0) is 39.5. The summed E-state index contributed by atoms with van der Waals surface area (Å²) in [5, 5.41) is 13.0. The number of cyclic esters (lactones) is 1. The predicted molar refractivity (Wildman–Crippen MR) is 199 cm³/mol. The SMILES string of the molecule is COCOc1c(OC)c(C)cc2c1[C@@H]1C3[C@@H]4SC[C@H](NC(=O)OCC(Cl)(Cl)Cl)C(=O)OC[C@@H](c5c6c(c(C)c(OC(C)=O)c54)OCO6)N3[C@@H](C#N)[C@H](C2)N1C. The number of amides is 1. The molecule has 2 fully saturated rings. The van der Waals surface area contributed by atoms with Crippen LogP contribution in [0, 0.1) is 25.2 Å². The number of carbonyl (C=O) groups excluding carboxylic acids is 3. The molecule has 2 saturated heterocycles. The lowest BCUT2D eigenvalue weighted by molar-refractivity contribution is -0.151. The van der Waals surface area contributed by atoms with Gasteiger partial charge in [-0.1, -0.05) is 40.9 Å². The molecule has 0 radical (unpaired) electrons. The Morgan fingerprint density at radius 1 is 1.09 bits per heavy atom. The van der Waals surface area contributed by atoms with Crippen LogP contribution >= 0.6 is 46.6 Å². The van der Waals surface area contributed by atoms with Crippen LogP contribution in [-0.4, -0.2) is 110 Å². The van der Waals surface area contributed by atoms with E-state index in [1.165, 1.54) is 25.8 Å². The molecule has 0 saturated carbocycles. The monoisotopic (exact) mass is 840 g/mol. The molecule has 5 aliphatic heterocycles. The Morgan fingerprint density at radius 3 is 2.51 bits per heavy atom. The number of nitrogens with one attached hydrogen (secondary N) is 1. The van der Waals surface area contributed by atoms with E-state index in [1.54, 1.807) is 14.0 Å². The van der Waals surface area contributed by atoms with Crippen molar-refractivity contribution in [1.82, 2.24) is 15.1 Å². The number of alkyl carbamates (subject to hydrolysis) is 1. The van der Waals surface area contributed by atoms with E-state index in [4.69, 9.17) is 72.7 Å². The maximum atomic E-state index is 13.8. The Balaban J connectivity index is 1.46. The van der Waals surface area contributed by atoms with Crippen molar-refractivity contribution in [3.63, 3.8) is 0 Å². The number of nitrogens with zero attached hydrogens (tertiary/aromatic N) is 3. The molecule has 1 unspecified atom stereocenters. The van der Waals surface area contributed by atoms with E-state index in [0.29, 0.717) is 46.1 Å². The fourth-order valence-electron chi connectivity index (χ4n) is 8.64. The first-order chi connectivity index (χ1) is 26.2. The number of carbonyl (C=O) groups is 3. The van der Waals surface area contributed by atoms with Crippen LogP contribution in [0.3, 0.4) is 0 Å². The number of methoxy groups -OCH3 is 2. The van der Waals surface area contributed by atoms with Gasteiger partial charge in [-0.15, -0.1) is 11.8 Å². The number of hydrogen-bond donors (Lipinski definition) is 1. The van der Waals surface area contributed by atoms with Crippen molar-refractivity contribution in [2.45, 2.75) is 72.5 Å². The Morgan fingerprint density at radius 2 is 1.84 bits per heavy atom. The minimum Gasteiger partial charge on any atom is -0.493 e. The summed E-state index contributed by atoms with van der Waals surface area (Å²) in [5.41, 5.74) is 4.45. The van der Waals surface area contributed by atoms with Crippen LogP contribution in [0.4, 0.5) is 4.79 Å². The van der Waals surface area contributed by atoms with E-state index in [0.717, 1.165) is 16.7 Å². The molecular weight excluding hydrogens is 803 g/mol. The summed E-state index contributed by atoms with van der Waals surface area (Å²) >= 11 is 18.7. The van der Waals surface area contributed by atoms with E-state index in [-0.39, 0.29) is 37.7 Å². The summed E-state index contributed by atoms with van der Waals surface area (Å²) in [7, 11) is 5.09. The first-order valence-corrected chi connectivity index (χ1v) is 19.5. The second kappa shape index (κ2) is 15.4. The number of alkyl halides is 3. The summed E-state index contributed by atoms with van der Waals surface area (Å²) in [4.78, 5) is 43.8. The maximum Gasteiger partial charge on any atom is 0.408 e. The molecule has 5 heterocycles. The highest BCUT2D eigenvalue weighted by Gasteiger charge is 2.61. The Hall–Kier alpha value is -3.56. The number of rotatable bonds is 7. The van der Waals surface area contributed by atoms with Crippen LogP contribution in [0.5, 0.6) is 28.7 Å². The molecule has 55 heavy (non-hydrogen) atoms. The number of esters is 2. The van der Waals surface area contributed by atoms with Gasteiger partial charge in [0.25, 0.3) is 0 Å². The lowest BCUT2D eigenvalue weighted by Gasteiger charge is -2.61. The highest BCUT2D eigenvalue weighted by atomic mass is 35.6. The first kappa shape index (κ1) is 39.7. The van der Waals surface area contributed by atoms with Crippen molar-refractivity contribution in [3.05, 3.63) is 39.4 Å². The molecule has 1 N–H and O–H groups in total. The second-order valence-corrected chi connectivity index (χ2v) is 17.5. The van der Waals surface area contributed by atoms with Gasteiger partial charge < -0.3 is 43.2 Å². The molecule has 0 aromatic heterocycles. The summed E-state index contributed by atoms with van der Waals surface area (Å²) < 4.78 is 45.0. The quantitative estimate of drug-likeness (QED) is 0.172. The van der Waals surface area contributed by atoms with Gasteiger partial charge in [-0.25, -0.2) is 9.59 Å². The van der Waals surface area contributed by atoms with Gasteiger partial charge in [0.1, 0.15) is 31.0 Å². The molecular formula is C36H39Cl3N4O11S. The van der Waals surface area contributed by atoms with Gasteiger partial charge in [0.15, 0.2) is 29.8 Å². The number of hydrogen-bond acceptors (Lipinski definition) is 15. The molecule has 7 atom stereocenters. The lowest BCUT2D eigenvalue weighted by atomic mass is 9.71. The van der Waals surface area contributed by atoms with Crippen LogP contribution in [0.15, 0.2) is 6.07 Å². The fraction of sp³-hybridized carbons (Fsp3) is 0.556. The number of fused-ring (bicyclic) bond motifs is 9. The van der Waals surface area contributed by atoms with Crippen molar-refractivity contribution >= 4 is 64.6 Å². The number of nitriles is 1. The average molecular weight is 842 g/mol. The van der Waals surface area contributed by atoms with Crippen LogP contribution in [0.2, 0.25) is 0 Å². The third kappa shape index (κ3) is 6.96. The van der Waals surface area contributed by atoms with Crippen LogP contribution in [0.25, 0.3) is 0 Å². The zero-order valence-corrected chi connectivity index (χ0v) is 33.8. The standard InChI is InChI=1S/C36H39Cl3N4O11S/c1-15-7-18-8-20-21(9-40)43-22-10-49-34(45)19(41-35(46)50-12-36(37,38)39)11-55-33(25-24(22)32-30(52-14-53-32)16(2)29(25)54-17(3)44)27(43)26(42(20)4)23(18)31(28(15)48-6)51-13-47-5/h7,19-22,26-27,33H,8,10-14H2,1-6H3,(H,41,46)/t19-,20-,21-,22-,26+,27?,33+/m0/s1. The summed E-state index contributed by atoms with van der Waals surface area (Å²) in [6, 6.07) is 0.615. The second-order valence-electron chi connectivity index (χ2n) is 13.8. The van der Waals surface area contributed by atoms with E-state index in [9.17, 15) is 19.6 Å². The Labute approximate surface area is 336 Å². The third-order valence-corrected chi connectivity index (χ3v) is 12.3. The predicted octanol–water partition coefficient (Wildman–Crippen LogP) is 4.97. The van der Waals surface area contributed by atoms with Gasteiger partial charge in [-0.3, -0.25) is 14.6 Å². The van der Waals surface area contributed by atoms with Gasteiger partial charge in [0.05, 0.1) is 30.5 Å². The highest BCUT2D eigenvalue weighted by molar-refractivity contribution is 7.99. The number of aryl methyl sites for hydroxylation is 1. The van der Waals surface area contributed by atoms with E-state index < -0.39 is 63.9 Å². The summed E-state index contributed by atoms with van der Waals surface area (Å²) in [6.45, 7) is 4.06. The number of benzene rings is 2. The van der Waals surface area contributed by atoms with Gasteiger partial charge in [-0.05, 0) is 38.4 Å².